The molecule has 7 nitrogen and oxygen atoms in total. The molecule has 0 bridgehead atoms. The van der Waals surface area contributed by atoms with E-state index in [1.807, 2.05) is 24.3 Å². The number of benzene rings is 2. The summed E-state index contributed by atoms with van der Waals surface area (Å²) >= 11 is 0. The van der Waals surface area contributed by atoms with Crippen molar-refractivity contribution in [1.29, 1.82) is 0 Å². The number of hydrogen-bond acceptors (Lipinski definition) is 5. The standard InChI is InChI=1S/C17H18BN3O4/c1-20-16(13-5-7-14(8-6-13)18(23)24)19-21(17(20)22)11-12-3-9-15(25-2)10-4-12/h3-10,23-24H,11H2,1-2H3. The summed E-state index contributed by atoms with van der Waals surface area (Å²) in [6, 6.07) is 14.0. The predicted molar refractivity (Wildman–Crippen MR) is 94.8 cm³/mol. The molecule has 1 heterocycles. The zero-order chi connectivity index (χ0) is 18.0. The van der Waals surface area contributed by atoms with Gasteiger partial charge < -0.3 is 14.8 Å². The molecule has 0 radical (unpaired) electrons. The van der Waals surface area contributed by atoms with Crippen LogP contribution in [0.4, 0.5) is 0 Å². The van der Waals surface area contributed by atoms with Gasteiger partial charge in [-0.1, -0.05) is 36.4 Å². The Bertz CT molecular complexity index is 915. The average molecular weight is 339 g/mol. The van der Waals surface area contributed by atoms with Gasteiger partial charge in [0.05, 0.1) is 13.7 Å². The third kappa shape index (κ3) is 3.49. The number of aromatic nitrogens is 3. The molecule has 3 rings (SSSR count). The molecule has 3 aromatic rings. The molecule has 0 unspecified atom stereocenters. The first-order valence-corrected chi connectivity index (χ1v) is 7.73. The highest BCUT2D eigenvalue weighted by Gasteiger charge is 2.15. The molecule has 0 saturated heterocycles. The smallest absolute Gasteiger partial charge is 0.488 e. The molecule has 8 heteroatoms. The van der Waals surface area contributed by atoms with Crippen molar-refractivity contribution in [3.8, 4) is 17.1 Å². The molecule has 0 fully saturated rings. The van der Waals surface area contributed by atoms with Crippen LogP contribution in [0.25, 0.3) is 11.4 Å². The summed E-state index contributed by atoms with van der Waals surface area (Å²) in [7, 11) is 1.74. The van der Waals surface area contributed by atoms with Crippen molar-refractivity contribution < 1.29 is 14.8 Å². The summed E-state index contributed by atoms with van der Waals surface area (Å²) in [6.07, 6.45) is 0. The van der Waals surface area contributed by atoms with E-state index in [0.29, 0.717) is 17.8 Å². The van der Waals surface area contributed by atoms with Crippen LogP contribution < -0.4 is 15.9 Å². The van der Waals surface area contributed by atoms with Crippen LogP contribution in [0.15, 0.2) is 53.3 Å². The van der Waals surface area contributed by atoms with E-state index >= 15 is 0 Å². The zero-order valence-electron chi connectivity index (χ0n) is 14.0. The van der Waals surface area contributed by atoms with Crippen molar-refractivity contribution >= 4 is 12.6 Å². The highest BCUT2D eigenvalue weighted by Crippen LogP contribution is 2.15. The van der Waals surface area contributed by atoms with Gasteiger partial charge in [-0.25, -0.2) is 9.48 Å². The molecule has 0 saturated carbocycles. The molecule has 25 heavy (non-hydrogen) atoms. The lowest BCUT2D eigenvalue weighted by Gasteiger charge is -2.03. The number of rotatable bonds is 5. The highest BCUT2D eigenvalue weighted by molar-refractivity contribution is 6.58. The van der Waals surface area contributed by atoms with Crippen LogP contribution in [0.1, 0.15) is 5.56 Å². The largest absolute Gasteiger partial charge is 0.497 e. The summed E-state index contributed by atoms with van der Waals surface area (Å²) in [4.78, 5) is 12.4. The number of methoxy groups -OCH3 is 1. The lowest BCUT2D eigenvalue weighted by molar-refractivity contribution is 0.414. The molecule has 0 atom stereocenters. The molecule has 0 aliphatic rings. The predicted octanol–water partition coefficient (Wildman–Crippen LogP) is -0.0145. The first-order chi connectivity index (χ1) is 12.0. The Labute approximate surface area is 144 Å². The minimum Gasteiger partial charge on any atom is -0.497 e. The van der Waals surface area contributed by atoms with Gasteiger partial charge in [0.2, 0.25) is 0 Å². The van der Waals surface area contributed by atoms with Crippen molar-refractivity contribution in [1.82, 2.24) is 14.3 Å². The third-order valence-electron chi connectivity index (χ3n) is 4.00. The Morgan fingerprint density at radius 2 is 1.72 bits per heavy atom. The fourth-order valence-electron chi connectivity index (χ4n) is 2.55. The number of nitrogens with zero attached hydrogens (tertiary/aromatic N) is 3. The van der Waals surface area contributed by atoms with Crippen LogP contribution in [0.2, 0.25) is 0 Å². The summed E-state index contributed by atoms with van der Waals surface area (Å²) in [6.45, 7) is 0.351. The quantitative estimate of drug-likeness (QED) is 0.638. The second-order valence-corrected chi connectivity index (χ2v) is 5.67. The molecule has 128 valence electrons. The van der Waals surface area contributed by atoms with Crippen LogP contribution in [-0.4, -0.2) is 38.6 Å². The average Bonchev–Trinajstić information content (AvgIpc) is 2.91. The van der Waals surface area contributed by atoms with Gasteiger partial charge in [-0.2, -0.15) is 0 Å². The second-order valence-electron chi connectivity index (χ2n) is 5.67. The topological polar surface area (TPSA) is 89.5 Å². The van der Waals surface area contributed by atoms with Crippen LogP contribution >= 0.6 is 0 Å². The molecule has 0 aliphatic carbocycles. The molecule has 1 aromatic heterocycles. The summed E-state index contributed by atoms with van der Waals surface area (Å²) in [5, 5.41) is 22.7. The van der Waals surface area contributed by atoms with Crippen LogP contribution in [0.3, 0.4) is 0 Å². The summed E-state index contributed by atoms with van der Waals surface area (Å²) in [5.74, 6) is 1.27. The van der Waals surface area contributed by atoms with E-state index in [1.165, 1.54) is 9.25 Å². The third-order valence-corrected chi connectivity index (χ3v) is 4.00. The lowest BCUT2D eigenvalue weighted by Crippen LogP contribution is -2.29. The number of ether oxygens (including phenoxy) is 1. The van der Waals surface area contributed by atoms with Gasteiger partial charge in [0.1, 0.15) is 5.75 Å². The Hall–Kier alpha value is -2.84. The van der Waals surface area contributed by atoms with Crippen LogP contribution in [0.5, 0.6) is 5.75 Å². The highest BCUT2D eigenvalue weighted by atomic mass is 16.5. The van der Waals surface area contributed by atoms with Gasteiger partial charge in [0.15, 0.2) is 5.82 Å². The van der Waals surface area contributed by atoms with Gasteiger partial charge >= 0.3 is 12.8 Å². The second kappa shape index (κ2) is 6.96. The monoisotopic (exact) mass is 339 g/mol. The van der Waals surface area contributed by atoms with Crippen LogP contribution in [-0.2, 0) is 13.6 Å². The van der Waals surface area contributed by atoms with Gasteiger partial charge in [0, 0.05) is 12.6 Å². The maximum absolute atomic E-state index is 12.4. The van der Waals surface area contributed by atoms with E-state index in [-0.39, 0.29) is 5.69 Å². The fourth-order valence-corrected chi connectivity index (χ4v) is 2.55. The van der Waals surface area contributed by atoms with E-state index < -0.39 is 7.12 Å². The first kappa shape index (κ1) is 17.0. The van der Waals surface area contributed by atoms with E-state index in [0.717, 1.165) is 16.9 Å². The summed E-state index contributed by atoms with van der Waals surface area (Å²) in [5.41, 5.74) is 1.81. The van der Waals surface area contributed by atoms with Gasteiger partial charge in [-0.3, -0.25) is 4.57 Å². The lowest BCUT2D eigenvalue weighted by atomic mass is 9.80. The molecule has 2 N–H and O–H groups in total. The maximum atomic E-state index is 12.4. The molecule has 0 aliphatic heterocycles. The first-order valence-electron chi connectivity index (χ1n) is 7.73. The van der Waals surface area contributed by atoms with Gasteiger partial charge in [-0.05, 0) is 23.2 Å². The Morgan fingerprint density at radius 3 is 2.28 bits per heavy atom. The van der Waals surface area contributed by atoms with Crippen molar-refractivity contribution in [2.45, 2.75) is 6.54 Å². The van der Waals surface area contributed by atoms with E-state index in [1.54, 1.807) is 38.4 Å². The van der Waals surface area contributed by atoms with Crippen molar-refractivity contribution in [2.24, 2.45) is 7.05 Å². The SMILES string of the molecule is COc1ccc(Cn2nc(-c3ccc(B(O)O)cc3)n(C)c2=O)cc1. The minimum absolute atomic E-state index is 0.225. The van der Waals surface area contributed by atoms with Gasteiger partial charge in [-0.15, -0.1) is 5.10 Å². The Kier molecular flexibility index (Phi) is 4.73. The minimum atomic E-state index is -1.52. The van der Waals surface area contributed by atoms with Crippen molar-refractivity contribution in [3.63, 3.8) is 0 Å². The molecular formula is C17H18BN3O4. The number of hydrogen-bond donors (Lipinski definition) is 2. The molecule has 0 spiro atoms. The molecule has 2 aromatic carbocycles. The van der Waals surface area contributed by atoms with Crippen molar-refractivity contribution in [2.75, 3.05) is 7.11 Å². The van der Waals surface area contributed by atoms with E-state index in [2.05, 4.69) is 5.10 Å². The summed E-state index contributed by atoms with van der Waals surface area (Å²) < 4.78 is 7.99. The maximum Gasteiger partial charge on any atom is 0.488 e. The Morgan fingerprint density at radius 1 is 1.08 bits per heavy atom. The molecule has 0 amide bonds. The Balaban J connectivity index is 1.90. The normalized spacial score (nSPS) is 10.7. The fraction of sp³-hybridized carbons (Fsp3) is 0.176. The van der Waals surface area contributed by atoms with Gasteiger partial charge in [0.25, 0.3) is 0 Å². The molecular weight excluding hydrogens is 321 g/mol. The zero-order valence-corrected chi connectivity index (χ0v) is 14.0. The van der Waals surface area contributed by atoms with Crippen LogP contribution in [0, 0.1) is 0 Å². The van der Waals surface area contributed by atoms with Crippen molar-refractivity contribution in [3.05, 3.63) is 64.6 Å². The van der Waals surface area contributed by atoms with E-state index in [9.17, 15) is 4.79 Å². The van der Waals surface area contributed by atoms with E-state index in [4.69, 9.17) is 14.8 Å².